The van der Waals surface area contributed by atoms with E-state index >= 15 is 0 Å². The van der Waals surface area contributed by atoms with Crippen molar-refractivity contribution < 1.29 is 23.9 Å². The molecule has 0 aliphatic carbocycles. The molecule has 0 saturated carbocycles. The van der Waals surface area contributed by atoms with E-state index in [1.54, 1.807) is 24.3 Å². The lowest BCUT2D eigenvalue weighted by Crippen LogP contribution is -2.31. The number of amides is 2. The van der Waals surface area contributed by atoms with E-state index in [0.717, 1.165) is 16.7 Å². The highest BCUT2D eigenvalue weighted by Crippen LogP contribution is 2.23. The summed E-state index contributed by atoms with van der Waals surface area (Å²) in [7, 11) is 0. The van der Waals surface area contributed by atoms with E-state index in [-0.39, 0.29) is 12.2 Å². The van der Waals surface area contributed by atoms with Gasteiger partial charge in [0.05, 0.1) is 6.54 Å². The van der Waals surface area contributed by atoms with Gasteiger partial charge in [0.1, 0.15) is 6.26 Å². The molecule has 2 heterocycles. The molecular formula is C13H8N2O5. The predicted octanol–water partition coefficient (Wildman–Crippen LogP) is 1.17. The number of hydrogen-bond donors (Lipinski definition) is 1. The minimum Gasteiger partial charge on any atom is -0.476 e. The summed E-state index contributed by atoms with van der Waals surface area (Å²) >= 11 is 0. The SMILES string of the molecule is O=C(O)c1coc(C(=O)N2Cc3ccccc3C2=O)n1. The Morgan fingerprint density at radius 3 is 2.70 bits per heavy atom. The van der Waals surface area contributed by atoms with Crippen LogP contribution in [0.15, 0.2) is 34.9 Å². The van der Waals surface area contributed by atoms with Gasteiger partial charge in [-0.25, -0.2) is 4.79 Å². The molecule has 0 fully saturated rings. The highest BCUT2D eigenvalue weighted by atomic mass is 16.4. The summed E-state index contributed by atoms with van der Waals surface area (Å²) in [5.41, 5.74) is 0.805. The molecule has 1 aliphatic rings. The first-order valence-electron chi connectivity index (χ1n) is 5.71. The van der Waals surface area contributed by atoms with Gasteiger partial charge in [0, 0.05) is 5.56 Å². The van der Waals surface area contributed by atoms with E-state index in [0.29, 0.717) is 5.56 Å². The van der Waals surface area contributed by atoms with Crippen molar-refractivity contribution in [1.82, 2.24) is 9.88 Å². The number of fused-ring (bicyclic) bond motifs is 1. The molecule has 1 aromatic heterocycles. The van der Waals surface area contributed by atoms with Crippen molar-refractivity contribution in [3.8, 4) is 0 Å². The van der Waals surface area contributed by atoms with Gasteiger partial charge in [-0.2, -0.15) is 4.98 Å². The van der Waals surface area contributed by atoms with Gasteiger partial charge in [0.15, 0.2) is 5.69 Å². The Bertz CT molecular complexity index is 734. The fraction of sp³-hybridized carbons (Fsp3) is 0.0769. The third kappa shape index (κ3) is 1.76. The van der Waals surface area contributed by atoms with Crippen LogP contribution in [0, 0.1) is 0 Å². The Morgan fingerprint density at radius 1 is 1.30 bits per heavy atom. The molecule has 0 atom stereocenters. The molecule has 7 nitrogen and oxygen atoms in total. The molecule has 0 saturated heterocycles. The van der Waals surface area contributed by atoms with Crippen molar-refractivity contribution in [1.29, 1.82) is 0 Å². The number of imide groups is 1. The quantitative estimate of drug-likeness (QED) is 0.823. The van der Waals surface area contributed by atoms with Crippen LogP contribution >= 0.6 is 0 Å². The Hall–Kier alpha value is -2.96. The maximum absolute atomic E-state index is 12.1. The first kappa shape index (κ1) is 12.1. The molecule has 3 rings (SSSR count). The fourth-order valence-corrected chi connectivity index (χ4v) is 2.00. The second-order valence-corrected chi connectivity index (χ2v) is 4.20. The van der Waals surface area contributed by atoms with Crippen molar-refractivity contribution >= 4 is 17.8 Å². The molecule has 0 radical (unpaired) electrons. The van der Waals surface area contributed by atoms with E-state index in [4.69, 9.17) is 9.52 Å². The Kier molecular flexibility index (Phi) is 2.60. The van der Waals surface area contributed by atoms with Crippen molar-refractivity contribution in [3.63, 3.8) is 0 Å². The van der Waals surface area contributed by atoms with Crippen molar-refractivity contribution in [3.05, 3.63) is 53.2 Å². The van der Waals surface area contributed by atoms with Crippen molar-refractivity contribution in [2.45, 2.75) is 6.54 Å². The van der Waals surface area contributed by atoms with Crippen LogP contribution < -0.4 is 0 Å². The number of hydrogen-bond acceptors (Lipinski definition) is 5. The number of carbonyl (C=O) groups excluding carboxylic acids is 2. The van der Waals surface area contributed by atoms with Crippen LogP contribution in [0.3, 0.4) is 0 Å². The number of carbonyl (C=O) groups is 3. The van der Waals surface area contributed by atoms with E-state index in [1.807, 2.05) is 0 Å². The molecule has 7 heteroatoms. The van der Waals surface area contributed by atoms with Gasteiger partial charge < -0.3 is 9.52 Å². The second-order valence-electron chi connectivity index (χ2n) is 4.20. The van der Waals surface area contributed by atoms with Gasteiger partial charge in [0.2, 0.25) is 0 Å². The largest absolute Gasteiger partial charge is 0.476 e. The molecule has 20 heavy (non-hydrogen) atoms. The lowest BCUT2D eigenvalue weighted by molar-refractivity contribution is 0.0605. The summed E-state index contributed by atoms with van der Waals surface area (Å²) in [6, 6.07) is 6.86. The van der Waals surface area contributed by atoms with Crippen molar-refractivity contribution in [2.24, 2.45) is 0 Å². The van der Waals surface area contributed by atoms with E-state index in [1.165, 1.54) is 0 Å². The highest BCUT2D eigenvalue weighted by Gasteiger charge is 2.34. The molecule has 2 amide bonds. The zero-order valence-corrected chi connectivity index (χ0v) is 10.1. The zero-order chi connectivity index (χ0) is 14.3. The van der Waals surface area contributed by atoms with Gasteiger partial charge >= 0.3 is 11.9 Å². The molecule has 1 N–H and O–H groups in total. The third-order valence-electron chi connectivity index (χ3n) is 2.97. The molecule has 0 spiro atoms. The number of aromatic carboxylic acids is 1. The van der Waals surface area contributed by atoms with Gasteiger partial charge in [-0.15, -0.1) is 0 Å². The van der Waals surface area contributed by atoms with Crippen LogP contribution in [-0.4, -0.2) is 32.8 Å². The minimum absolute atomic E-state index is 0.124. The first-order valence-corrected chi connectivity index (χ1v) is 5.71. The topological polar surface area (TPSA) is 101 Å². The van der Waals surface area contributed by atoms with Crippen LogP contribution in [-0.2, 0) is 6.54 Å². The van der Waals surface area contributed by atoms with Crippen molar-refractivity contribution in [2.75, 3.05) is 0 Å². The zero-order valence-electron chi connectivity index (χ0n) is 10.1. The predicted molar refractivity (Wildman–Crippen MR) is 64.1 cm³/mol. The lowest BCUT2D eigenvalue weighted by atomic mass is 10.1. The number of carboxylic acids is 1. The van der Waals surface area contributed by atoms with Crippen LogP contribution in [0.2, 0.25) is 0 Å². The lowest BCUT2D eigenvalue weighted by Gasteiger charge is -2.10. The third-order valence-corrected chi connectivity index (χ3v) is 2.97. The second kappa shape index (κ2) is 4.30. The summed E-state index contributed by atoms with van der Waals surface area (Å²) in [5.74, 6) is -2.91. The summed E-state index contributed by atoms with van der Waals surface area (Å²) in [5, 5.41) is 8.72. The van der Waals surface area contributed by atoms with Gasteiger partial charge in [-0.1, -0.05) is 18.2 Å². The van der Waals surface area contributed by atoms with Gasteiger partial charge in [-0.05, 0) is 11.6 Å². The first-order chi connectivity index (χ1) is 9.58. The minimum atomic E-state index is -1.30. The number of nitrogens with zero attached hydrogens (tertiary/aromatic N) is 2. The fourth-order valence-electron chi connectivity index (χ4n) is 2.00. The van der Waals surface area contributed by atoms with E-state index in [2.05, 4.69) is 4.98 Å². The number of aromatic nitrogens is 1. The molecule has 2 aromatic rings. The Morgan fingerprint density at radius 2 is 2.05 bits per heavy atom. The normalized spacial score (nSPS) is 13.4. The van der Waals surface area contributed by atoms with Gasteiger partial charge in [-0.3, -0.25) is 14.5 Å². The molecule has 100 valence electrons. The molecule has 0 unspecified atom stereocenters. The number of rotatable bonds is 2. The van der Waals surface area contributed by atoms with Gasteiger partial charge in [0.25, 0.3) is 11.8 Å². The molecular weight excluding hydrogens is 264 g/mol. The molecule has 0 bridgehead atoms. The number of oxazole rings is 1. The smallest absolute Gasteiger partial charge is 0.357 e. The molecule has 1 aromatic carbocycles. The van der Waals surface area contributed by atoms with Crippen LogP contribution in [0.25, 0.3) is 0 Å². The standard InChI is InChI=1S/C13H8N2O5/c16-11-8-4-2-1-3-7(8)5-15(11)12(17)10-14-9(6-20-10)13(18)19/h1-4,6H,5H2,(H,18,19). The van der Waals surface area contributed by atoms with E-state index < -0.39 is 23.7 Å². The highest BCUT2D eigenvalue weighted by molar-refractivity contribution is 6.11. The average molecular weight is 272 g/mol. The Labute approximate surface area is 112 Å². The summed E-state index contributed by atoms with van der Waals surface area (Å²) < 4.78 is 4.81. The maximum atomic E-state index is 12.1. The maximum Gasteiger partial charge on any atom is 0.357 e. The van der Waals surface area contributed by atoms with E-state index in [9.17, 15) is 14.4 Å². The van der Waals surface area contributed by atoms with Crippen LogP contribution in [0.4, 0.5) is 0 Å². The van der Waals surface area contributed by atoms with Crippen LogP contribution in [0.1, 0.15) is 37.1 Å². The monoisotopic (exact) mass is 272 g/mol. The summed E-state index contributed by atoms with van der Waals surface area (Å²) in [4.78, 5) is 39.4. The molecule has 1 aliphatic heterocycles. The van der Waals surface area contributed by atoms with Crippen LogP contribution in [0.5, 0.6) is 0 Å². The number of carboxylic acid groups (broad SMARTS) is 1. The number of benzene rings is 1. The average Bonchev–Trinajstić information content (AvgIpc) is 3.04. The Balaban J connectivity index is 1.89. The summed E-state index contributed by atoms with van der Waals surface area (Å²) in [6.07, 6.45) is 0.864. The summed E-state index contributed by atoms with van der Waals surface area (Å²) in [6.45, 7) is 0.124.